The molecule has 0 radical (unpaired) electrons. The maximum atomic E-state index is 10.2. The van der Waals surface area contributed by atoms with Gasteiger partial charge in [-0.25, -0.2) is 0 Å². The molecule has 0 amide bonds. The van der Waals surface area contributed by atoms with Gasteiger partial charge in [-0.3, -0.25) is 4.90 Å². The maximum Gasteiger partial charge on any atom is 0.162 e. The molecule has 1 atom stereocenters. The van der Waals surface area contributed by atoms with Crippen LogP contribution in [0.5, 0.6) is 11.5 Å². The molecular formula is C15H24N2O2. The van der Waals surface area contributed by atoms with E-state index in [0.29, 0.717) is 11.8 Å². The van der Waals surface area contributed by atoms with E-state index in [1.807, 2.05) is 12.1 Å². The van der Waals surface area contributed by atoms with Crippen molar-refractivity contribution in [1.82, 2.24) is 10.2 Å². The number of nitrogens with zero attached hydrogens (tertiary/aromatic N) is 1. The highest BCUT2D eigenvalue weighted by Gasteiger charge is 2.22. The molecule has 106 valence electrons. The van der Waals surface area contributed by atoms with Crippen molar-refractivity contribution in [1.29, 1.82) is 0 Å². The van der Waals surface area contributed by atoms with E-state index in [2.05, 4.69) is 17.1 Å². The number of nitrogens with one attached hydrogen (secondary N) is 1. The van der Waals surface area contributed by atoms with E-state index in [-0.39, 0.29) is 5.75 Å². The van der Waals surface area contributed by atoms with E-state index in [1.54, 1.807) is 13.2 Å². The average molecular weight is 264 g/mol. The van der Waals surface area contributed by atoms with Gasteiger partial charge in [0.25, 0.3) is 0 Å². The lowest BCUT2D eigenvalue weighted by atomic mass is 10.1. The molecule has 1 aromatic rings. The van der Waals surface area contributed by atoms with Crippen molar-refractivity contribution in [3.05, 3.63) is 23.8 Å². The number of rotatable bonds is 6. The van der Waals surface area contributed by atoms with Gasteiger partial charge in [-0.15, -0.1) is 0 Å². The number of para-hydroxylation sites is 1. The molecule has 4 heteroatoms. The quantitative estimate of drug-likeness (QED) is 0.824. The average Bonchev–Trinajstić information content (AvgIpc) is 2.94. The third kappa shape index (κ3) is 3.39. The Kier molecular flexibility index (Phi) is 5.05. The molecule has 19 heavy (non-hydrogen) atoms. The number of ether oxygens (including phenoxy) is 1. The normalized spacial score (nSPS) is 19.0. The highest BCUT2D eigenvalue weighted by Crippen LogP contribution is 2.30. The number of aromatic hydroxyl groups is 1. The van der Waals surface area contributed by atoms with E-state index in [4.69, 9.17) is 4.74 Å². The standard InChI is InChI=1S/C15H24N2O2/c1-3-9-17(13-7-8-16-10-13)11-12-5-4-6-14(19-2)15(12)18/h4-6,13,16,18H,3,7-11H2,1-2H3. The molecule has 2 N–H and O–H groups in total. The summed E-state index contributed by atoms with van der Waals surface area (Å²) in [6.07, 6.45) is 2.31. The number of hydrogen-bond acceptors (Lipinski definition) is 4. The van der Waals surface area contributed by atoms with Gasteiger partial charge < -0.3 is 15.2 Å². The van der Waals surface area contributed by atoms with Crippen molar-refractivity contribution in [3.8, 4) is 11.5 Å². The smallest absolute Gasteiger partial charge is 0.162 e. The van der Waals surface area contributed by atoms with Crippen molar-refractivity contribution >= 4 is 0 Å². The monoisotopic (exact) mass is 264 g/mol. The predicted octanol–water partition coefficient (Wildman–Crippen LogP) is 1.97. The Morgan fingerprint density at radius 3 is 2.95 bits per heavy atom. The molecule has 1 aliphatic rings. The first-order chi connectivity index (χ1) is 9.26. The molecule has 0 spiro atoms. The van der Waals surface area contributed by atoms with Gasteiger partial charge in [-0.2, -0.15) is 0 Å². The summed E-state index contributed by atoms with van der Waals surface area (Å²) in [5.41, 5.74) is 0.944. The lowest BCUT2D eigenvalue weighted by Gasteiger charge is -2.28. The Labute approximate surface area is 115 Å². The fraction of sp³-hybridized carbons (Fsp3) is 0.600. The Hall–Kier alpha value is -1.26. The molecule has 0 aliphatic carbocycles. The van der Waals surface area contributed by atoms with Gasteiger partial charge in [0.2, 0.25) is 0 Å². The number of phenols is 1. The molecule has 0 saturated carbocycles. The van der Waals surface area contributed by atoms with E-state index >= 15 is 0 Å². The minimum Gasteiger partial charge on any atom is -0.504 e. The van der Waals surface area contributed by atoms with Crippen LogP contribution >= 0.6 is 0 Å². The van der Waals surface area contributed by atoms with Crippen LogP contribution in [0.3, 0.4) is 0 Å². The first kappa shape index (κ1) is 14.2. The van der Waals surface area contributed by atoms with Crippen LogP contribution in [-0.2, 0) is 6.54 Å². The Morgan fingerprint density at radius 1 is 1.47 bits per heavy atom. The van der Waals surface area contributed by atoms with Gasteiger partial charge in [0.05, 0.1) is 7.11 Å². The van der Waals surface area contributed by atoms with Crippen LogP contribution in [-0.4, -0.2) is 42.8 Å². The summed E-state index contributed by atoms with van der Waals surface area (Å²) in [4.78, 5) is 2.45. The molecule has 2 rings (SSSR count). The second kappa shape index (κ2) is 6.78. The van der Waals surface area contributed by atoms with Crippen LogP contribution in [0.1, 0.15) is 25.3 Å². The molecule has 1 heterocycles. The minimum atomic E-state index is 0.275. The highest BCUT2D eigenvalue weighted by molar-refractivity contribution is 5.45. The van der Waals surface area contributed by atoms with Gasteiger partial charge in [0.15, 0.2) is 11.5 Å². The van der Waals surface area contributed by atoms with Crippen molar-refractivity contribution in [3.63, 3.8) is 0 Å². The summed E-state index contributed by atoms with van der Waals surface area (Å²) >= 11 is 0. The molecule has 0 aromatic heterocycles. The summed E-state index contributed by atoms with van der Waals surface area (Å²) in [5.74, 6) is 0.829. The van der Waals surface area contributed by atoms with Crippen molar-refractivity contribution < 1.29 is 9.84 Å². The number of phenolic OH excluding ortho intramolecular Hbond substituents is 1. The largest absolute Gasteiger partial charge is 0.504 e. The number of methoxy groups -OCH3 is 1. The van der Waals surface area contributed by atoms with Crippen LogP contribution in [0.15, 0.2) is 18.2 Å². The fourth-order valence-corrected chi connectivity index (χ4v) is 2.71. The van der Waals surface area contributed by atoms with Gasteiger partial charge >= 0.3 is 0 Å². The Bertz CT molecular complexity index is 403. The summed E-state index contributed by atoms with van der Waals surface area (Å²) in [5, 5.41) is 13.6. The summed E-state index contributed by atoms with van der Waals surface area (Å²) in [6.45, 7) is 6.17. The van der Waals surface area contributed by atoms with E-state index < -0.39 is 0 Å². The number of hydrogen-bond donors (Lipinski definition) is 2. The molecular weight excluding hydrogens is 240 g/mol. The third-order valence-corrected chi connectivity index (χ3v) is 3.74. The third-order valence-electron chi connectivity index (χ3n) is 3.74. The van der Waals surface area contributed by atoms with Gasteiger partial charge in [-0.1, -0.05) is 19.1 Å². The first-order valence-electron chi connectivity index (χ1n) is 7.05. The second-order valence-corrected chi connectivity index (χ2v) is 5.09. The zero-order valence-corrected chi connectivity index (χ0v) is 11.9. The van der Waals surface area contributed by atoms with Crippen LogP contribution in [0.4, 0.5) is 0 Å². The molecule has 1 fully saturated rings. The first-order valence-corrected chi connectivity index (χ1v) is 7.05. The number of benzene rings is 1. The zero-order chi connectivity index (χ0) is 13.7. The molecule has 1 saturated heterocycles. The molecule has 1 aromatic carbocycles. The van der Waals surface area contributed by atoms with Crippen molar-refractivity contribution in [2.24, 2.45) is 0 Å². The predicted molar refractivity (Wildman–Crippen MR) is 76.6 cm³/mol. The lowest BCUT2D eigenvalue weighted by Crippen LogP contribution is -2.36. The molecule has 4 nitrogen and oxygen atoms in total. The second-order valence-electron chi connectivity index (χ2n) is 5.09. The van der Waals surface area contributed by atoms with Gasteiger partial charge in [-0.05, 0) is 32.0 Å². The minimum absolute atomic E-state index is 0.275. The van der Waals surface area contributed by atoms with Crippen molar-refractivity contribution in [2.75, 3.05) is 26.7 Å². The van der Waals surface area contributed by atoms with E-state index in [0.717, 1.165) is 38.2 Å². The zero-order valence-electron chi connectivity index (χ0n) is 11.9. The van der Waals surface area contributed by atoms with E-state index in [1.165, 1.54) is 6.42 Å². The van der Waals surface area contributed by atoms with Crippen LogP contribution < -0.4 is 10.1 Å². The van der Waals surface area contributed by atoms with Gasteiger partial charge in [0.1, 0.15) is 0 Å². The summed E-state index contributed by atoms with van der Waals surface area (Å²) in [6, 6.07) is 6.28. The molecule has 0 bridgehead atoms. The lowest BCUT2D eigenvalue weighted by molar-refractivity contribution is 0.197. The Balaban J connectivity index is 2.11. The fourth-order valence-electron chi connectivity index (χ4n) is 2.71. The summed E-state index contributed by atoms with van der Waals surface area (Å²) < 4.78 is 5.17. The maximum absolute atomic E-state index is 10.2. The topological polar surface area (TPSA) is 44.7 Å². The van der Waals surface area contributed by atoms with Crippen LogP contribution in [0, 0.1) is 0 Å². The SMILES string of the molecule is CCCN(Cc1cccc(OC)c1O)C1CCNC1. The Morgan fingerprint density at radius 2 is 2.32 bits per heavy atom. The van der Waals surface area contributed by atoms with Crippen molar-refractivity contribution in [2.45, 2.75) is 32.4 Å². The highest BCUT2D eigenvalue weighted by atomic mass is 16.5. The molecule has 1 unspecified atom stereocenters. The van der Waals surface area contributed by atoms with E-state index in [9.17, 15) is 5.11 Å². The van der Waals surface area contributed by atoms with Crippen LogP contribution in [0.25, 0.3) is 0 Å². The van der Waals surface area contributed by atoms with Crippen LogP contribution in [0.2, 0.25) is 0 Å². The van der Waals surface area contributed by atoms with Gasteiger partial charge in [0, 0.05) is 24.7 Å². The summed E-state index contributed by atoms with van der Waals surface area (Å²) in [7, 11) is 1.59. The molecule has 1 aliphatic heterocycles.